The van der Waals surface area contributed by atoms with Crippen LogP contribution in [0.15, 0.2) is 23.4 Å². The molecule has 4 nitrogen and oxygen atoms in total. The molecule has 92 valence electrons. The molecule has 1 aromatic rings. The number of nitrogens with zero attached hydrogens (tertiary/aromatic N) is 2. The van der Waals surface area contributed by atoms with Gasteiger partial charge in [0.25, 0.3) is 5.90 Å². The smallest absolute Gasteiger partial charge is 0.314 e. The highest BCUT2D eigenvalue weighted by Crippen LogP contribution is 2.27. The standard InChI is InChI=1S/C10H10BrF2N3O/c1-10(16-15-9(17-10)8(12)13)6-2-3-7(4-11)14-5-6/h2-3,5,8,16H,4H2,1H3. The average Bonchev–Trinajstić information content (AvgIpc) is 2.74. The Kier molecular flexibility index (Phi) is 3.28. The number of hydrogen-bond acceptors (Lipinski definition) is 4. The molecule has 7 heteroatoms. The number of pyridine rings is 1. The van der Waals surface area contributed by atoms with E-state index in [4.69, 9.17) is 4.74 Å². The van der Waals surface area contributed by atoms with E-state index in [0.29, 0.717) is 10.9 Å². The number of aromatic nitrogens is 1. The molecule has 0 amide bonds. The van der Waals surface area contributed by atoms with E-state index < -0.39 is 18.0 Å². The summed E-state index contributed by atoms with van der Waals surface area (Å²) in [6.45, 7) is 1.62. The third-order valence-electron chi connectivity index (χ3n) is 2.39. The molecule has 2 heterocycles. The fourth-order valence-corrected chi connectivity index (χ4v) is 1.75. The molecule has 0 radical (unpaired) electrons. The maximum absolute atomic E-state index is 12.4. The second kappa shape index (κ2) is 4.56. The van der Waals surface area contributed by atoms with E-state index in [9.17, 15) is 8.78 Å². The Morgan fingerprint density at radius 3 is 2.76 bits per heavy atom. The molecule has 0 saturated heterocycles. The second-order valence-corrected chi connectivity index (χ2v) is 4.23. The van der Waals surface area contributed by atoms with Gasteiger partial charge in [-0.1, -0.05) is 15.9 Å². The largest absolute Gasteiger partial charge is 0.443 e. The van der Waals surface area contributed by atoms with Gasteiger partial charge in [-0.15, -0.1) is 5.10 Å². The Bertz CT molecular complexity index is 438. The maximum atomic E-state index is 12.4. The van der Waals surface area contributed by atoms with Crippen molar-refractivity contribution in [2.75, 3.05) is 0 Å². The van der Waals surface area contributed by atoms with Crippen molar-refractivity contribution in [1.29, 1.82) is 0 Å². The fourth-order valence-electron chi connectivity index (χ4n) is 1.42. The summed E-state index contributed by atoms with van der Waals surface area (Å²) in [5, 5.41) is 4.10. The van der Waals surface area contributed by atoms with Gasteiger partial charge in [-0.2, -0.15) is 8.78 Å². The van der Waals surface area contributed by atoms with Crippen LogP contribution in [0.5, 0.6) is 0 Å². The first kappa shape index (κ1) is 12.2. The van der Waals surface area contributed by atoms with Crippen LogP contribution in [0.3, 0.4) is 0 Å². The van der Waals surface area contributed by atoms with Crippen molar-refractivity contribution in [3.63, 3.8) is 0 Å². The first-order valence-electron chi connectivity index (χ1n) is 4.88. The van der Waals surface area contributed by atoms with Gasteiger partial charge in [-0.25, -0.2) is 0 Å². The number of ether oxygens (including phenoxy) is 1. The Labute approximate surface area is 105 Å². The normalized spacial score (nSPS) is 23.2. The summed E-state index contributed by atoms with van der Waals surface area (Å²) in [6, 6.07) is 3.56. The zero-order valence-electron chi connectivity index (χ0n) is 8.95. The molecule has 0 fully saturated rings. The van der Waals surface area contributed by atoms with Crippen LogP contribution >= 0.6 is 15.9 Å². The lowest BCUT2D eigenvalue weighted by Crippen LogP contribution is -2.35. The van der Waals surface area contributed by atoms with Gasteiger partial charge in [0.1, 0.15) is 0 Å². The van der Waals surface area contributed by atoms with Gasteiger partial charge in [-0.3, -0.25) is 10.4 Å². The van der Waals surface area contributed by atoms with Gasteiger partial charge in [-0.05, 0) is 12.1 Å². The number of halogens is 3. The lowest BCUT2D eigenvalue weighted by Gasteiger charge is -2.23. The van der Waals surface area contributed by atoms with Crippen LogP contribution in [-0.4, -0.2) is 17.3 Å². The Morgan fingerprint density at radius 2 is 2.29 bits per heavy atom. The average molecular weight is 306 g/mol. The summed E-state index contributed by atoms with van der Waals surface area (Å²) in [7, 11) is 0. The molecule has 0 spiro atoms. The Balaban J connectivity index is 2.17. The molecule has 0 aliphatic carbocycles. The molecule has 1 N–H and O–H groups in total. The SMILES string of the molecule is CC1(c2ccc(CBr)nc2)NN=C(C(F)F)O1. The van der Waals surface area contributed by atoms with E-state index in [1.54, 1.807) is 25.3 Å². The van der Waals surface area contributed by atoms with Crippen LogP contribution in [0.1, 0.15) is 18.2 Å². The summed E-state index contributed by atoms with van der Waals surface area (Å²) in [5.41, 5.74) is 2.96. The summed E-state index contributed by atoms with van der Waals surface area (Å²) in [4.78, 5) is 4.15. The number of alkyl halides is 3. The van der Waals surface area contributed by atoms with Crippen molar-refractivity contribution in [3.8, 4) is 0 Å². The van der Waals surface area contributed by atoms with E-state index >= 15 is 0 Å². The van der Waals surface area contributed by atoms with Crippen LogP contribution in [0.4, 0.5) is 8.78 Å². The molecular weight excluding hydrogens is 296 g/mol. The quantitative estimate of drug-likeness (QED) is 0.872. The molecular formula is C10H10BrF2N3O. The first-order chi connectivity index (χ1) is 8.05. The molecule has 1 aliphatic rings. The van der Waals surface area contributed by atoms with E-state index in [0.717, 1.165) is 5.69 Å². The third kappa shape index (κ3) is 2.38. The lowest BCUT2D eigenvalue weighted by atomic mass is 10.1. The molecule has 17 heavy (non-hydrogen) atoms. The predicted molar refractivity (Wildman–Crippen MR) is 61.9 cm³/mol. The summed E-state index contributed by atoms with van der Waals surface area (Å²) < 4.78 is 29.9. The van der Waals surface area contributed by atoms with Crippen LogP contribution in [0.25, 0.3) is 0 Å². The maximum Gasteiger partial charge on any atom is 0.314 e. The molecule has 0 saturated carbocycles. The van der Waals surface area contributed by atoms with Crippen molar-refractivity contribution in [2.45, 2.75) is 24.4 Å². The van der Waals surface area contributed by atoms with E-state index in [2.05, 4.69) is 31.4 Å². The molecule has 1 aliphatic heterocycles. The van der Waals surface area contributed by atoms with Crippen molar-refractivity contribution in [2.24, 2.45) is 5.10 Å². The minimum Gasteiger partial charge on any atom is -0.443 e. The molecule has 1 atom stereocenters. The minimum absolute atomic E-state index is 0.600. The van der Waals surface area contributed by atoms with Crippen molar-refractivity contribution >= 4 is 21.8 Å². The van der Waals surface area contributed by atoms with Crippen molar-refractivity contribution in [3.05, 3.63) is 29.6 Å². The highest BCUT2D eigenvalue weighted by molar-refractivity contribution is 9.08. The highest BCUT2D eigenvalue weighted by atomic mass is 79.9. The van der Waals surface area contributed by atoms with Gasteiger partial charge in [0.15, 0.2) is 0 Å². The number of rotatable bonds is 3. The Morgan fingerprint density at radius 1 is 1.53 bits per heavy atom. The zero-order valence-corrected chi connectivity index (χ0v) is 10.5. The topological polar surface area (TPSA) is 46.5 Å². The zero-order chi connectivity index (χ0) is 12.5. The van der Waals surface area contributed by atoms with Gasteiger partial charge in [0, 0.05) is 24.0 Å². The summed E-state index contributed by atoms with van der Waals surface area (Å²) in [5.74, 6) is -0.600. The molecule has 0 aromatic carbocycles. The van der Waals surface area contributed by atoms with Crippen LogP contribution in [0.2, 0.25) is 0 Å². The number of nitrogens with one attached hydrogen (secondary N) is 1. The van der Waals surface area contributed by atoms with Crippen LogP contribution in [-0.2, 0) is 15.8 Å². The Hall–Kier alpha value is -1.24. The molecule has 0 bridgehead atoms. The minimum atomic E-state index is -2.72. The molecule has 1 unspecified atom stereocenters. The van der Waals surface area contributed by atoms with Crippen molar-refractivity contribution in [1.82, 2.24) is 10.4 Å². The lowest BCUT2D eigenvalue weighted by molar-refractivity contribution is 0.0452. The van der Waals surface area contributed by atoms with E-state index in [1.165, 1.54) is 0 Å². The molecule has 2 rings (SSSR count). The fraction of sp³-hybridized carbons (Fsp3) is 0.400. The predicted octanol–water partition coefficient (Wildman–Crippen LogP) is 2.35. The number of hydrazone groups is 1. The van der Waals surface area contributed by atoms with E-state index in [1.807, 2.05) is 0 Å². The molecule has 1 aromatic heterocycles. The van der Waals surface area contributed by atoms with Crippen molar-refractivity contribution < 1.29 is 13.5 Å². The third-order valence-corrected chi connectivity index (χ3v) is 2.96. The van der Waals surface area contributed by atoms with Crippen LogP contribution in [0, 0.1) is 0 Å². The summed E-state index contributed by atoms with van der Waals surface area (Å²) >= 11 is 3.28. The van der Waals surface area contributed by atoms with Crippen LogP contribution < -0.4 is 5.43 Å². The monoisotopic (exact) mass is 305 g/mol. The van der Waals surface area contributed by atoms with Gasteiger partial charge < -0.3 is 4.74 Å². The van der Waals surface area contributed by atoms with Gasteiger partial charge in [0.2, 0.25) is 5.72 Å². The number of hydrogen-bond donors (Lipinski definition) is 1. The summed E-state index contributed by atoms with van der Waals surface area (Å²) in [6.07, 6.45) is -1.15. The highest BCUT2D eigenvalue weighted by Gasteiger charge is 2.38. The first-order valence-corrected chi connectivity index (χ1v) is 6.00. The second-order valence-electron chi connectivity index (χ2n) is 3.67. The van der Waals surface area contributed by atoms with Gasteiger partial charge in [0.05, 0.1) is 5.69 Å². The van der Waals surface area contributed by atoms with Gasteiger partial charge >= 0.3 is 6.43 Å². The van der Waals surface area contributed by atoms with E-state index in [-0.39, 0.29) is 0 Å².